The lowest BCUT2D eigenvalue weighted by atomic mass is 9.82. The van der Waals surface area contributed by atoms with E-state index in [4.69, 9.17) is 9.53 Å². The SMILES string of the molecule is CC[C@H](C)C1(NC)CCN(C(CCc2ccccc2)C(=O)NCCCNCc2cccc(OC)c2)C1=O.Cc1ccccc1.NCC=O. The van der Waals surface area contributed by atoms with Gasteiger partial charge in [0.05, 0.1) is 7.11 Å². The largest absolute Gasteiger partial charge is 0.497 e. The number of amides is 2. The van der Waals surface area contributed by atoms with Crippen LogP contribution >= 0.6 is 0 Å². The second-order valence-electron chi connectivity index (χ2n) is 12.0. The molecule has 1 aliphatic heterocycles. The van der Waals surface area contributed by atoms with Crippen molar-refractivity contribution < 1.29 is 19.1 Å². The molecule has 9 heteroatoms. The van der Waals surface area contributed by atoms with Crippen LogP contribution in [-0.2, 0) is 27.3 Å². The third-order valence-electron chi connectivity index (χ3n) is 8.85. The van der Waals surface area contributed by atoms with Crippen LogP contribution in [-0.4, -0.2) is 74.9 Å². The average Bonchev–Trinajstić information content (AvgIpc) is 3.46. The smallest absolute Gasteiger partial charge is 0.243 e. The van der Waals surface area contributed by atoms with Crippen molar-refractivity contribution in [1.82, 2.24) is 20.9 Å². The lowest BCUT2D eigenvalue weighted by molar-refractivity contribution is -0.142. The number of carbonyl (C=O) groups is 3. The van der Waals surface area contributed by atoms with Gasteiger partial charge in [0, 0.05) is 26.2 Å². The molecule has 9 nitrogen and oxygen atoms in total. The topological polar surface area (TPSA) is 126 Å². The molecule has 48 heavy (non-hydrogen) atoms. The van der Waals surface area contributed by atoms with Crippen LogP contribution in [0.2, 0.25) is 0 Å². The third-order valence-corrected chi connectivity index (χ3v) is 8.85. The molecule has 1 fully saturated rings. The van der Waals surface area contributed by atoms with Crippen LogP contribution in [0.5, 0.6) is 5.75 Å². The highest BCUT2D eigenvalue weighted by atomic mass is 16.5. The number of nitrogens with one attached hydrogen (secondary N) is 3. The molecular formula is C39H57N5O4. The number of aryl methyl sites for hydroxylation is 2. The lowest BCUT2D eigenvalue weighted by Gasteiger charge is -2.35. The van der Waals surface area contributed by atoms with Gasteiger partial charge in [0.15, 0.2) is 0 Å². The normalized spacial score (nSPS) is 16.5. The van der Waals surface area contributed by atoms with E-state index in [-0.39, 0.29) is 24.3 Å². The van der Waals surface area contributed by atoms with Gasteiger partial charge in [-0.3, -0.25) is 9.59 Å². The molecule has 0 bridgehead atoms. The summed E-state index contributed by atoms with van der Waals surface area (Å²) in [4.78, 5) is 37.9. The van der Waals surface area contributed by atoms with Gasteiger partial charge in [-0.1, -0.05) is 98.6 Å². The number of likely N-dealkylation sites (N-methyl/N-ethyl adjacent to an activating group) is 1. The maximum atomic E-state index is 13.7. The van der Waals surface area contributed by atoms with Crippen molar-refractivity contribution in [1.29, 1.82) is 0 Å². The summed E-state index contributed by atoms with van der Waals surface area (Å²) in [5.74, 6) is 1.04. The Labute approximate surface area is 288 Å². The first-order valence-corrected chi connectivity index (χ1v) is 17.1. The summed E-state index contributed by atoms with van der Waals surface area (Å²) in [6.07, 6.45) is 4.45. The van der Waals surface area contributed by atoms with E-state index in [9.17, 15) is 9.59 Å². The Hall–Kier alpha value is -4.05. The average molecular weight is 660 g/mol. The molecule has 3 aromatic rings. The van der Waals surface area contributed by atoms with E-state index in [1.165, 1.54) is 11.1 Å². The number of aldehydes is 1. The summed E-state index contributed by atoms with van der Waals surface area (Å²) in [5, 5.41) is 9.85. The fourth-order valence-electron chi connectivity index (χ4n) is 5.81. The second-order valence-corrected chi connectivity index (χ2v) is 12.0. The summed E-state index contributed by atoms with van der Waals surface area (Å²) in [6, 6.07) is 27.9. The molecule has 1 saturated heterocycles. The maximum Gasteiger partial charge on any atom is 0.243 e. The number of hydrogen-bond donors (Lipinski definition) is 4. The molecule has 5 N–H and O–H groups in total. The number of likely N-dealkylation sites (tertiary alicyclic amines) is 1. The van der Waals surface area contributed by atoms with Crippen LogP contribution in [0.4, 0.5) is 0 Å². The number of carbonyl (C=O) groups excluding carboxylic acids is 3. The molecule has 0 spiro atoms. The van der Waals surface area contributed by atoms with Crippen molar-refractivity contribution >= 4 is 18.1 Å². The van der Waals surface area contributed by atoms with Crippen LogP contribution in [0.15, 0.2) is 84.9 Å². The molecule has 2 unspecified atom stereocenters. The zero-order valence-corrected chi connectivity index (χ0v) is 29.5. The summed E-state index contributed by atoms with van der Waals surface area (Å²) >= 11 is 0. The fourth-order valence-corrected chi connectivity index (χ4v) is 5.81. The van der Waals surface area contributed by atoms with E-state index in [1.54, 1.807) is 7.11 Å². The van der Waals surface area contributed by atoms with Crippen molar-refractivity contribution in [2.75, 3.05) is 40.3 Å². The minimum atomic E-state index is -0.593. The Balaban J connectivity index is 0.000000618. The lowest BCUT2D eigenvalue weighted by Crippen LogP contribution is -2.57. The second kappa shape index (κ2) is 22.5. The summed E-state index contributed by atoms with van der Waals surface area (Å²) in [7, 11) is 3.53. The first-order chi connectivity index (χ1) is 23.3. The number of benzene rings is 3. The minimum Gasteiger partial charge on any atom is -0.497 e. The molecule has 0 radical (unpaired) electrons. The van der Waals surface area contributed by atoms with Gasteiger partial charge in [-0.15, -0.1) is 0 Å². The molecule has 0 saturated carbocycles. The highest BCUT2D eigenvalue weighted by Crippen LogP contribution is 2.34. The number of hydrogen-bond acceptors (Lipinski definition) is 7. The van der Waals surface area contributed by atoms with E-state index in [1.807, 2.05) is 66.5 Å². The van der Waals surface area contributed by atoms with Crippen LogP contribution in [0.25, 0.3) is 0 Å². The van der Waals surface area contributed by atoms with Crippen molar-refractivity contribution in [2.45, 2.75) is 71.0 Å². The van der Waals surface area contributed by atoms with Gasteiger partial charge in [-0.2, -0.15) is 0 Å². The Kier molecular flexibility index (Phi) is 18.8. The van der Waals surface area contributed by atoms with Crippen molar-refractivity contribution in [3.8, 4) is 5.75 Å². The van der Waals surface area contributed by atoms with Crippen LogP contribution < -0.4 is 26.4 Å². The predicted molar refractivity (Wildman–Crippen MR) is 195 cm³/mol. The molecule has 0 aromatic heterocycles. The van der Waals surface area contributed by atoms with Gasteiger partial charge in [0.2, 0.25) is 11.8 Å². The Morgan fingerprint density at radius 1 is 1.02 bits per heavy atom. The molecule has 3 aromatic carbocycles. The molecule has 2 amide bonds. The molecular weight excluding hydrogens is 602 g/mol. The van der Waals surface area contributed by atoms with E-state index in [0.29, 0.717) is 25.8 Å². The van der Waals surface area contributed by atoms with Gasteiger partial charge < -0.3 is 36.1 Å². The number of nitrogens with zero attached hydrogens (tertiary/aromatic N) is 1. The highest BCUT2D eigenvalue weighted by molar-refractivity contribution is 5.94. The Bertz CT molecular complexity index is 1340. The zero-order chi connectivity index (χ0) is 35.2. The van der Waals surface area contributed by atoms with Crippen LogP contribution in [0.3, 0.4) is 0 Å². The minimum absolute atomic E-state index is 0.0533. The number of ether oxygens (including phenoxy) is 1. The van der Waals surface area contributed by atoms with Crippen molar-refractivity contribution in [3.63, 3.8) is 0 Å². The van der Waals surface area contributed by atoms with Crippen molar-refractivity contribution in [3.05, 3.63) is 102 Å². The number of methoxy groups -OCH3 is 1. The van der Waals surface area contributed by atoms with Crippen LogP contribution in [0.1, 0.15) is 56.2 Å². The van der Waals surface area contributed by atoms with E-state index in [2.05, 4.69) is 72.8 Å². The summed E-state index contributed by atoms with van der Waals surface area (Å²) in [5.41, 5.74) is 7.72. The Morgan fingerprint density at radius 2 is 1.67 bits per heavy atom. The summed E-state index contributed by atoms with van der Waals surface area (Å²) in [6.45, 7) is 9.15. The van der Waals surface area contributed by atoms with E-state index in [0.717, 1.165) is 50.1 Å². The van der Waals surface area contributed by atoms with Crippen molar-refractivity contribution in [2.24, 2.45) is 11.7 Å². The predicted octanol–water partition coefficient (Wildman–Crippen LogP) is 4.67. The zero-order valence-electron chi connectivity index (χ0n) is 29.5. The molecule has 262 valence electrons. The molecule has 1 heterocycles. The number of rotatable bonds is 16. The maximum absolute atomic E-state index is 13.7. The van der Waals surface area contributed by atoms with Gasteiger partial charge in [0.1, 0.15) is 23.6 Å². The molecule has 0 aliphatic carbocycles. The van der Waals surface area contributed by atoms with Gasteiger partial charge in [-0.05, 0) is 75.4 Å². The highest BCUT2D eigenvalue weighted by Gasteiger charge is 2.51. The quantitative estimate of drug-likeness (QED) is 0.130. The van der Waals surface area contributed by atoms with E-state index < -0.39 is 11.6 Å². The van der Waals surface area contributed by atoms with Crippen LogP contribution in [0, 0.1) is 12.8 Å². The molecule has 4 rings (SSSR count). The first-order valence-electron chi connectivity index (χ1n) is 17.1. The third kappa shape index (κ3) is 12.9. The van der Waals surface area contributed by atoms with Gasteiger partial charge in [-0.25, -0.2) is 0 Å². The standard InChI is InChI=1S/C30H44N4O3.C7H8.C2H5NO/c1-5-23(2)30(31-3)17-20-34(29(30)36)27(16-15-24-11-7-6-8-12-24)28(35)33-19-10-18-32-22-25-13-9-14-26(21-25)37-4;1-7-5-3-2-4-6-7;3-1-2-4/h6-9,11-14,21,23,27,31-32H,5,10,15-20,22H2,1-4H3,(H,33,35);2-6H,1H3;2H,1,3H2/t23-,27?,30?;;/m0../s1. The Morgan fingerprint density at radius 3 is 2.23 bits per heavy atom. The van der Waals surface area contributed by atoms with Gasteiger partial charge in [0.25, 0.3) is 0 Å². The molecule has 3 atom stereocenters. The molecule has 1 aliphatic rings. The fraction of sp³-hybridized carbons (Fsp3) is 0.462. The summed E-state index contributed by atoms with van der Waals surface area (Å²) < 4.78 is 5.28. The number of nitrogens with two attached hydrogens (primary N) is 1. The van der Waals surface area contributed by atoms with Gasteiger partial charge >= 0.3 is 0 Å². The first kappa shape index (κ1) is 40.1. The monoisotopic (exact) mass is 659 g/mol. The van der Waals surface area contributed by atoms with E-state index >= 15 is 0 Å².